The topological polar surface area (TPSA) is 59.6 Å². The van der Waals surface area contributed by atoms with Gasteiger partial charge in [-0.3, -0.25) is 4.79 Å². The van der Waals surface area contributed by atoms with Gasteiger partial charge in [-0.15, -0.1) is 0 Å². The maximum Gasteiger partial charge on any atom is 0.238 e. The molecule has 5 heteroatoms. The van der Waals surface area contributed by atoms with E-state index in [2.05, 4.69) is 10.6 Å². The molecule has 1 rings (SSSR count). The summed E-state index contributed by atoms with van der Waals surface area (Å²) in [5.41, 5.74) is 0.597. The average molecular weight is 280 g/mol. The van der Waals surface area contributed by atoms with E-state index in [0.717, 1.165) is 0 Å². The predicted octanol–water partition coefficient (Wildman–Crippen LogP) is 2.42. The molecule has 0 aliphatic carbocycles. The van der Waals surface area contributed by atoms with Gasteiger partial charge in [-0.05, 0) is 39.8 Å². The van der Waals surface area contributed by atoms with Crippen molar-refractivity contribution in [2.75, 3.05) is 25.6 Å². The smallest absolute Gasteiger partial charge is 0.238 e. The Morgan fingerprint density at radius 1 is 1.25 bits per heavy atom. The monoisotopic (exact) mass is 280 g/mol. The van der Waals surface area contributed by atoms with Gasteiger partial charge in [-0.25, -0.2) is 0 Å². The number of methoxy groups -OCH3 is 1. The zero-order valence-electron chi connectivity index (χ0n) is 12.9. The second kappa shape index (κ2) is 7.14. The largest absolute Gasteiger partial charge is 0.493 e. The van der Waals surface area contributed by atoms with Crippen LogP contribution in [0.3, 0.4) is 0 Å². The summed E-state index contributed by atoms with van der Waals surface area (Å²) in [6.07, 6.45) is 0. The molecule has 0 aliphatic heterocycles. The first-order valence-corrected chi connectivity index (χ1v) is 6.71. The molecule has 0 saturated carbocycles. The second-order valence-corrected chi connectivity index (χ2v) is 5.45. The Morgan fingerprint density at radius 2 is 1.95 bits per heavy atom. The van der Waals surface area contributed by atoms with Crippen molar-refractivity contribution in [3.05, 3.63) is 18.2 Å². The molecule has 0 radical (unpaired) electrons. The van der Waals surface area contributed by atoms with Crippen LogP contribution in [0.25, 0.3) is 0 Å². The van der Waals surface area contributed by atoms with E-state index in [1.54, 1.807) is 25.3 Å². The molecule has 1 aromatic carbocycles. The third kappa shape index (κ3) is 5.48. The van der Waals surface area contributed by atoms with Crippen LogP contribution in [-0.2, 0) is 4.79 Å². The molecule has 0 heterocycles. The molecule has 0 atom stereocenters. The lowest BCUT2D eigenvalue weighted by Crippen LogP contribution is -2.41. The van der Waals surface area contributed by atoms with Crippen molar-refractivity contribution < 1.29 is 14.3 Å². The minimum atomic E-state index is -0.0915. The highest BCUT2D eigenvalue weighted by atomic mass is 16.5. The van der Waals surface area contributed by atoms with Crippen LogP contribution in [0, 0.1) is 0 Å². The second-order valence-electron chi connectivity index (χ2n) is 5.45. The van der Waals surface area contributed by atoms with Crippen molar-refractivity contribution in [3.63, 3.8) is 0 Å². The molecule has 1 aromatic rings. The van der Waals surface area contributed by atoms with Crippen LogP contribution in [0.2, 0.25) is 0 Å². The minimum absolute atomic E-state index is 0.0894. The van der Waals surface area contributed by atoms with Gasteiger partial charge in [0.2, 0.25) is 5.91 Å². The van der Waals surface area contributed by atoms with Gasteiger partial charge in [0.15, 0.2) is 11.5 Å². The van der Waals surface area contributed by atoms with Gasteiger partial charge in [-0.1, -0.05) is 0 Å². The van der Waals surface area contributed by atoms with Gasteiger partial charge in [0.05, 0.1) is 20.3 Å². The summed E-state index contributed by atoms with van der Waals surface area (Å²) in [4.78, 5) is 11.8. The van der Waals surface area contributed by atoms with Crippen molar-refractivity contribution in [2.45, 2.75) is 33.2 Å². The number of amides is 1. The maximum absolute atomic E-state index is 11.8. The van der Waals surface area contributed by atoms with Gasteiger partial charge >= 0.3 is 0 Å². The molecule has 0 bridgehead atoms. The molecule has 5 nitrogen and oxygen atoms in total. The number of hydrogen-bond acceptors (Lipinski definition) is 4. The van der Waals surface area contributed by atoms with Crippen molar-refractivity contribution in [2.24, 2.45) is 0 Å². The standard InChI is InChI=1S/C15H24N2O3/c1-6-20-12-8-7-11(9-13(12)19-5)17-14(18)10-16-15(2,3)4/h7-9,16H,6,10H2,1-5H3,(H,17,18). The Bertz CT molecular complexity index is 453. The SMILES string of the molecule is CCOc1ccc(NC(=O)CNC(C)(C)C)cc1OC. The zero-order chi connectivity index (χ0) is 15.2. The molecule has 0 saturated heterocycles. The zero-order valence-corrected chi connectivity index (χ0v) is 12.9. The molecular weight excluding hydrogens is 256 g/mol. The highest BCUT2D eigenvalue weighted by Crippen LogP contribution is 2.30. The molecule has 1 amide bonds. The third-order valence-corrected chi connectivity index (χ3v) is 2.53. The van der Waals surface area contributed by atoms with E-state index in [9.17, 15) is 4.79 Å². The number of rotatable bonds is 6. The molecule has 0 aromatic heterocycles. The van der Waals surface area contributed by atoms with Gasteiger partial charge in [0, 0.05) is 17.3 Å². The summed E-state index contributed by atoms with van der Waals surface area (Å²) in [7, 11) is 1.57. The molecule has 112 valence electrons. The fourth-order valence-electron chi connectivity index (χ4n) is 1.57. The average Bonchev–Trinajstić information content (AvgIpc) is 2.37. The van der Waals surface area contributed by atoms with Gasteiger partial charge in [0.25, 0.3) is 0 Å². The third-order valence-electron chi connectivity index (χ3n) is 2.53. The summed E-state index contributed by atoms with van der Waals surface area (Å²) < 4.78 is 10.7. The molecule has 0 fully saturated rings. The highest BCUT2D eigenvalue weighted by Gasteiger charge is 2.12. The summed E-state index contributed by atoms with van der Waals surface area (Å²) in [5, 5.41) is 5.96. The fourth-order valence-corrected chi connectivity index (χ4v) is 1.57. The summed E-state index contributed by atoms with van der Waals surface area (Å²) in [5.74, 6) is 1.18. The van der Waals surface area contributed by atoms with Crippen LogP contribution >= 0.6 is 0 Å². The number of ether oxygens (including phenoxy) is 2. The molecule has 0 aliphatic rings. The Morgan fingerprint density at radius 3 is 2.50 bits per heavy atom. The van der Waals surface area contributed by atoms with E-state index in [1.165, 1.54) is 0 Å². The molecule has 2 N–H and O–H groups in total. The van der Waals surface area contributed by atoms with Crippen LogP contribution in [-0.4, -0.2) is 31.7 Å². The summed E-state index contributed by atoms with van der Waals surface area (Å²) >= 11 is 0. The number of benzene rings is 1. The van der Waals surface area contributed by atoms with E-state index in [-0.39, 0.29) is 18.0 Å². The Labute approximate surface area is 120 Å². The number of nitrogens with one attached hydrogen (secondary N) is 2. The minimum Gasteiger partial charge on any atom is -0.493 e. The lowest BCUT2D eigenvalue weighted by atomic mass is 10.1. The van der Waals surface area contributed by atoms with Gasteiger partial charge < -0.3 is 20.1 Å². The summed E-state index contributed by atoms with van der Waals surface area (Å²) in [6.45, 7) is 8.78. The van der Waals surface area contributed by atoms with Crippen molar-refractivity contribution in [3.8, 4) is 11.5 Å². The number of carbonyl (C=O) groups is 1. The van der Waals surface area contributed by atoms with Gasteiger partial charge in [0.1, 0.15) is 0 Å². The normalized spacial score (nSPS) is 11.1. The van der Waals surface area contributed by atoms with E-state index in [0.29, 0.717) is 23.8 Å². The maximum atomic E-state index is 11.8. The lowest BCUT2D eigenvalue weighted by Gasteiger charge is -2.20. The molecule has 20 heavy (non-hydrogen) atoms. The predicted molar refractivity (Wildman–Crippen MR) is 80.5 cm³/mol. The summed E-state index contributed by atoms with van der Waals surface area (Å²) in [6, 6.07) is 5.33. The van der Waals surface area contributed by atoms with Crippen molar-refractivity contribution in [1.29, 1.82) is 0 Å². The van der Waals surface area contributed by atoms with E-state index in [1.807, 2.05) is 27.7 Å². The van der Waals surface area contributed by atoms with Crippen LogP contribution in [0.15, 0.2) is 18.2 Å². The van der Waals surface area contributed by atoms with Crippen molar-refractivity contribution >= 4 is 11.6 Å². The van der Waals surface area contributed by atoms with E-state index >= 15 is 0 Å². The molecule has 0 spiro atoms. The van der Waals surface area contributed by atoms with Crippen LogP contribution in [0.1, 0.15) is 27.7 Å². The Kier molecular flexibility index (Phi) is 5.82. The van der Waals surface area contributed by atoms with Crippen LogP contribution in [0.4, 0.5) is 5.69 Å². The van der Waals surface area contributed by atoms with Crippen LogP contribution < -0.4 is 20.1 Å². The first-order chi connectivity index (χ1) is 9.35. The number of carbonyl (C=O) groups excluding carboxylic acids is 1. The number of hydrogen-bond donors (Lipinski definition) is 2. The Balaban J connectivity index is 2.66. The first kappa shape index (κ1) is 16.3. The molecular formula is C15H24N2O3. The van der Waals surface area contributed by atoms with Crippen molar-refractivity contribution in [1.82, 2.24) is 5.32 Å². The van der Waals surface area contributed by atoms with Gasteiger partial charge in [-0.2, -0.15) is 0 Å². The quantitative estimate of drug-likeness (QED) is 0.840. The molecule has 0 unspecified atom stereocenters. The Hall–Kier alpha value is -1.75. The van der Waals surface area contributed by atoms with E-state index in [4.69, 9.17) is 9.47 Å². The lowest BCUT2D eigenvalue weighted by molar-refractivity contribution is -0.115. The highest BCUT2D eigenvalue weighted by molar-refractivity contribution is 5.92. The first-order valence-electron chi connectivity index (χ1n) is 6.71. The number of anilines is 1. The fraction of sp³-hybridized carbons (Fsp3) is 0.533. The van der Waals surface area contributed by atoms with E-state index < -0.39 is 0 Å². The van der Waals surface area contributed by atoms with Crippen LogP contribution in [0.5, 0.6) is 11.5 Å².